The Morgan fingerprint density at radius 3 is 2.18 bits per heavy atom. The summed E-state index contributed by atoms with van der Waals surface area (Å²) in [5, 5.41) is 28.4. The molecule has 0 fully saturated rings. The molecule has 4 nitrogen and oxygen atoms in total. The van der Waals surface area contributed by atoms with Gasteiger partial charge < -0.3 is 15.3 Å². The van der Waals surface area contributed by atoms with Gasteiger partial charge in [-0.1, -0.05) is 30.3 Å². The number of rotatable bonds is 2. The number of carboxylic acids is 1. The largest absolute Gasteiger partial charge is 0.507 e. The zero-order chi connectivity index (χ0) is 12.4. The lowest BCUT2D eigenvalue weighted by Gasteiger charge is -2.09. The first kappa shape index (κ1) is 11.0. The zero-order valence-electron chi connectivity index (χ0n) is 8.79. The molecule has 0 spiro atoms. The molecule has 0 aliphatic carbocycles. The van der Waals surface area contributed by atoms with Gasteiger partial charge in [-0.3, -0.25) is 0 Å². The first-order chi connectivity index (χ1) is 8.11. The highest BCUT2D eigenvalue weighted by Crippen LogP contribution is 2.39. The van der Waals surface area contributed by atoms with Gasteiger partial charge in [-0.25, -0.2) is 4.79 Å². The van der Waals surface area contributed by atoms with Crippen LogP contribution < -0.4 is 0 Å². The Morgan fingerprint density at radius 2 is 1.59 bits per heavy atom. The topological polar surface area (TPSA) is 77.8 Å². The van der Waals surface area contributed by atoms with E-state index in [0.29, 0.717) is 5.56 Å². The number of aromatic carboxylic acids is 1. The second-order valence-electron chi connectivity index (χ2n) is 3.53. The van der Waals surface area contributed by atoms with Gasteiger partial charge in [0.05, 0.1) is 5.56 Å². The van der Waals surface area contributed by atoms with Gasteiger partial charge in [0.2, 0.25) is 0 Å². The summed E-state index contributed by atoms with van der Waals surface area (Å²) in [5.74, 6) is -1.82. The number of hydrogen-bond donors (Lipinski definition) is 3. The highest BCUT2D eigenvalue weighted by atomic mass is 16.4. The Labute approximate surface area is 97.4 Å². The molecule has 3 N–H and O–H groups in total. The van der Waals surface area contributed by atoms with Gasteiger partial charge in [-0.05, 0) is 17.7 Å². The minimum atomic E-state index is -1.24. The van der Waals surface area contributed by atoms with Crippen molar-refractivity contribution in [2.24, 2.45) is 0 Å². The van der Waals surface area contributed by atoms with Gasteiger partial charge in [0.25, 0.3) is 0 Å². The summed E-state index contributed by atoms with van der Waals surface area (Å²) in [4.78, 5) is 10.9. The lowest BCUT2D eigenvalue weighted by atomic mass is 10.0. The fraction of sp³-hybridized carbons (Fsp3) is 0. The van der Waals surface area contributed by atoms with Crippen molar-refractivity contribution in [2.45, 2.75) is 0 Å². The zero-order valence-corrected chi connectivity index (χ0v) is 8.79. The van der Waals surface area contributed by atoms with Gasteiger partial charge in [0.15, 0.2) is 0 Å². The fourth-order valence-electron chi connectivity index (χ4n) is 1.64. The highest BCUT2D eigenvalue weighted by molar-refractivity contribution is 5.95. The van der Waals surface area contributed by atoms with E-state index in [0.717, 1.165) is 0 Å². The van der Waals surface area contributed by atoms with Gasteiger partial charge in [0, 0.05) is 0 Å². The molecule has 4 heteroatoms. The molecule has 2 rings (SSSR count). The lowest BCUT2D eigenvalue weighted by molar-refractivity contribution is 0.0694. The average Bonchev–Trinajstić information content (AvgIpc) is 2.30. The monoisotopic (exact) mass is 230 g/mol. The van der Waals surface area contributed by atoms with Crippen molar-refractivity contribution in [3.05, 3.63) is 48.0 Å². The summed E-state index contributed by atoms with van der Waals surface area (Å²) in [6, 6.07) is 11.0. The van der Waals surface area contributed by atoms with Crippen LogP contribution in [0.4, 0.5) is 0 Å². The Morgan fingerprint density at radius 1 is 0.941 bits per heavy atom. The smallest absolute Gasteiger partial charge is 0.339 e. The molecule has 0 atom stereocenters. The second-order valence-corrected chi connectivity index (χ2v) is 3.53. The fourth-order valence-corrected chi connectivity index (χ4v) is 1.64. The maximum absolute atomic E-state index is 10.9. The normalized spacial score (nSPS) is 10.1. The summed E-state index contributed by atoms with van der Waals surface area (Å²) >= 11 is 0. The molecule has 0 saturated heterocycles. The van der Waals surface area contributed by atoms with Crippen LogP contribution in [0.2, 0.25) is 0 Å². The number of carbonyl (C=O) groups is 1. The molecular formula is C13H10O4. The standard InChI is InChI=1S/C13H10O4/c14-10-7-6-9(13(16)17)12(15)11(10)8-4-2-1-3-5-8/h1-7,14-15H,(H,16,17). The van der Waals surface area contributed by atoms with Gasteiger partial charge in [0.1, 0.15) is 17.1 Å². The number of hydrogen-bond acceptors (Lipinski definition) is 3. The average molecular weight is 230 g/mol. The van der Waals surface area contributed by atoms with Crippen LogP contribution in [0.15, 0.2) is 42.5 Å². The second kappa shape index (κ2) is 4.17. The summed E-state index contributed by atoms with van der Waals surface area (Å²) in [7, 11) is 0. The molecule has 0 bridgehead atoms. The van der Waals surface area contributed by atoms with E-state index in [1.54, 1.807) is 30.3 Å². The summed E-state index contributed by atoms with van der Waals surface area (Å²) in [5.41, 5.74) is 0.456. The molecule has 0 radical (unpaired) electrons. The van der Waals surface area contributed by atoms with Crippen molar-refractivity contribution < 1.29 is 20.1 Å². The van der Waals surface area contributed by atoms with Crippen LogP contribution in [-0.2, 0) is 0 Å². The van der Waals surface area contributed by atoms with Crippen LogP contribution >= 0.6 is 0 Å². The van der Waals surface area contributed by atoms with E-state index in [9.17, 15) is 15.0 Å². The summed E-state index contributed by atoms with van der Waals surface area (Å²) in [6.45, 7) is 0. The Hall–Kier alpha value is -2.49. The molecular weight excluding hydrogens is 220 g/mol. The minimum Gasteiger partial charge on any atom is -0.507 e. The van der Waals surface area contributed by atoms with Crippen molar-refractivity contribution in [3.8, 4) is 22.6 Å². The molecule has 0 unspecified atom stereocenters. The first-order valence-corrected chi connectivity index (χ1v) is 4.95. The maximum Gasteiger partial charge on any atom is 0.339 e. The Balaban J connectivity index is 2.69. The van der Waals surface area contributed by atoms with Crippen molar-refractivity contribution in [2.75, 3.05) is 0 Å². The van der Waals surface area contributed by atoms with Gasteiger partial charge >= 0.3 is 5.97 Å². The van der Waals surface area contributed by atoms with Crippen LogP contribution in [0.3, 0.4) is 0 Å². The van der Waals surface area contributed by atoms with Crippen LogP contribution in [0.25, 0.3) is 11.1 Å². The highest BCUT2D eigenvalue weighted by Gasteiger charge is 2.17. The number of aromatic hydroxyl groups is 2. The third kappa shape index (κ3) is 1.92. The number of phenols is 2. The Kier molecular flexibility index (Phi) is 2.70. The number of benzene rings is 2. The van der Waals surface area contributed by atoms with Crippen LogP contribution in [-0.4, -0.2) is 21.3 Å². The number of phenolic OH excluding ortho intramolecular Hbond substituents is 1. The molecule has 0 heterocycles. The van der Waals surface area contributed by atoms with E-state index >= 15 is 0 Å². The third-order valence-corrected chi connectivity index (χ3v) is 2.45. The Bertz CT molecular complexity index is 561. The molecule has 0 amide bonds. The molecule has 0 aliphatic heterocycles. The molecule has 86 valence electrons. The first-order valence-electron chi connectivity index (χ1n) is 4.95. The van der Waals surface area contributed by atoms with Crippen molar-refractivity contribution in [1.29, 1.82) is 0 Å². The van der Waals surface area contributed by atoms with E-state index in [1.807, 2.05) is 0 Å². The summed E-state index contributed by atoms with van der Waals surface area (Å²) < 4.78 is 0. The van der Waals surface area contributed by atoms with E-state index in [-0.39, 0.29) is 16.9 Å². The van der Waals surface area contributed by atoms with E-state index < -0.39 is 11.7 Å². The third-order valence-electron chi connectivity index (χ3n) is 2.45. The van der Waals surface area contributed by atoms with E-state index in [2.05, 4.69) is 0 Å². The SMILES string of the molecule is O=C(O)c1ccc(O)c(-c2ccccc2)c1O. The van der Waals surface area contributed by atoms with Crippen molar-refractivity contribution >= 4 is 5.97 Å². The maximum atomic E-state index is 10.9. The molecule has 2 aromatic carbocycles. The van der Waals surface area contributed by atoms with Gasteiger partial charge in [-0.2, -0.15) is 0 Å². The molecule has 17 heavy (non-hydrogen) atoms. The van der Waals surface area contributed by atoms with E-state index in [4.69, 9.17) is 5.11 Å². The molecule has 0 aromatic heterocycles. The minimum absolute atomic E-state index is 0.130. The van der Waals surface area contributed by atoms with Crippen LogP contribution in [0.5, 0.6) is 11.5 Å². The van der Waals surface area contributed by atoms with Gasteiger partial charge in [-0.15, -0.1) is 0 Å². The van der Waals surface area contributed by atoms with E-state index in [1.165, 1.54) is 12.1 Å². The molecule has 0 saturated carbocycles. The predicted octanol–water partition coefficient (Wildman–Crippen LogP) is 2.46. The predicted molar refractivity (Wildman–Crippen MR) is 62.2 cm³/mol. The van der Waals surface area contributed by atoms with Crippen molar-refractivity contribution in [3.63, 3.8) is 0 Å². The molecule has 0 aliphatic rings. The van der Waals surface area contributed by atoms with Crippen molar-refractivity contribution in [1.82, 2.24) is 0 Å². The summed E-state index contributed by atoms with van der Waals surface area (Å²) in [6.07, 6.45) is 0. The lowest BCUT2D eigenvalue weighted by Crippen LogP contribution is -1.97. The molecule has 2 aromatic rings. The van der Waals surface area contributed by atoms with Crippen LogP contribution in [0.1, 0.15) is 10.4 Å². The number of carboxylic acid groups (broad SMARTS) is 1. The quantitative estimate of drug-likeness (QED) is 0.740. The van der Waals surface area contributed by atoms with Crippen LogP contribution in [0, 0.1) is 0 Å².